The first kappa shape index (κ1) is 19.0. The molecule has 4 heterocycles. The van der Waals surface area contributed by atoms with Gasteiger partial charge in [-0.3, -0.25) is 4.79 Å². The normalized spacial score (nSPS) is 43.2. The number of fused-ring (bicyclic) bond motifs is 3. The highest BCUT2D eigenvalue weighted by Gasteiger charge is 2.65. The summed E-state index contributed by atoms with van der Waals surface area (Å²) < 4.78 is 12.0. The third-order valence-corrected chi connectivity index (χ3v) is 8.89. The van der Waals surface area contributed by atoms with E-state index in [0.29, 0.717) is 11.8 Å². The molecule has 5 aliphatic rings. The lowest BCUT2D eigenvalue weighted by Gasteiger charge is -2.51. The zero-order chi connectivity index (χ0) is 20.3. The van der Waals surface area contributed by atoms with Crippen LogP contribution in [-0.2, 0) is 14.3 Å². The van der Waals surface area contributed by atoms with Gasteiger partial charge >= 0.3 is 5.97 Å². The molecule has 6 rings (SSSR count). The van der Waals surface area contributed by atoms with Crippen LogP contribution in [0.25, 0.3) is 0 Å². The number of rotatable bonds is 3. The standard InChI is InChI=1S/C23H32N4O3/c1-22-4-2-5-23(15-29-23)19(22)12-16-17(20(28)30-18(16)13-22)14-26-8-10-27(11-9-26)21-24-6-3-7-25-21/h3,6-7,16-19H,2,4-5,8-15H2,1H3/p+1/t16-,17-,18-,19+,22-,23+/m1/s1. The molecule has 2 saturated carbocycles. The summed E-state index contributed by atoms with van der Waals surface area (Å²) in [4.78, 5) is 25.4. The van der Waals surface area contributed by atoms with Crippen molar-refractivity contribution in [1.82, 2.24) is 9.97 Å². The number of quaternary nitrogens is 1. The van der Waals surface area contributed by atoms with E-state index in [1.165, 1.54) is 24.2 Å². The number of ether oxygens (including phenoxy) is 2. The zero-order valence-corrected chi connectivity index (χ0v) is 17.9. The average Bonchev–Trinajstić information content (AvgIpc) is 3.46. The molecule has 0 unspecified atom stereocenters. The van der Waals surface area contributed by atoms with Gasteiger partial charge in [-0.25, -0.2) is 9.97 Å². The number of carbonyl (C=O) groups is 1. The topological polar surface area (TPSA) is 72.3 Å². The minimum atomic E-state index is 0.0480. The van der Waals surface area contributed by atoms with E-state index in [1.807, 2.05) is 6.07 Å². The molecule has 3 aliphatic heterocycles. The maximum Gasteiger partial charge on any atom is 0.315 e. The number of anilines is 1. The summed E-state index contributed by atoms with van der Waals surface area (Å²) >= 11 is 0. The Morgan fingerprint density at radius 3 is 2.73 bits per heavy atom. The fourth-order valence-corrected chi connectivity index (χ4v) is 7.18. The van der Waals surface area contributed by atoms with Crippen LogP contribution in [-0.4, -0.2) is 67.0 Å². The van der Waals surface area contributed by atoms with Crippen molar-refractivity contribution in [3.8, 4) is 0 Å². The van der Waals surface area contributed by atoms with Gasteiger partial charge in [0.2, 0.25) is 5.95 Å². The average molecular weight is 414 g/mol. The molecule has 30 heavy (non-hydrogen) atoms. The Kier molecular flexibility index (Phi) is 4.36. The van der Waals surface area contributed by atoms with Crippen LogP contribution in [0.1, 0.15) is 39.0 Å². The van der Waals surface area contributed by atoms with Crippen molar-refractivity contribution in [1.29, 1.82) is 0 Å². The second kappa shape index (κ2) is 6.89. The van der Waals surface area contributed by atoms with Gasteiger partial charge in [0.25, 0.3) is 0 Å². The maximum atomic E-state index is 12.9. The molecule has 1 spiro atoms. The number of hydrogen-bond acceptors (Lipinski definition) is 6. The van der Waals surface area contributed by atoms with Gasteiger partial charge < -0.3 is 19.3 Å². The number of aromatic nitrogens is 2. The van der Waals surface area contributed by atoms with Gasteiger partial charge in [0.15, 0.2) is 0 Å². The molecule has 1 aromatic heterocycles. The molecule has 1 aromatic rings. The predicted octanol–water partition coefficient (Wildman–Crippen LogP) is 0.709. The molecule has 3 saturated heterocycles. The Balaban J connectivity index is 1.12. The van der Waals surface area contributed by atoms with Crippen LogP contribution < -0.4 is 9.80 Å². The number of piperazine rings is 1. The number of hydrogen-bond donors (Lipinski definition) is 1. The van der Waals surface area contributed by atoms with Crippen molar-refractivity contribution in [2.24, 2.45) is 23.2 Å². The van der Waals surface area contributed by atoms with Gasteiger partial charge in [-0.1, -0.05) is 6.92 Å². The van der Waals surface area contributed by atoms with Crippen LogP contribution in [0, 0.1) is 23.2 Å². The Labute approximate surface area is 178 Å². The molecule has 5 fully saturated rings. The summed E-state index contributed by atoms with van der Waals surface area (Å²) in [6.45, 7) is 8.17. The summed E-state index contributed by atoms with van der Waals surface area (Å²) in [5.74, 6) is 1.89. The van der Waals surface area contributed by atoms with Crippen molar-refractivity contribution in [3.05, 3.63) is 18.5 Å². The second-order valence-electron chi connectivity index (χ2n) is 10.6. The summed E-state index contributed by atoms with van der Waals surface area (Å²) in [6, 6.07) is 1.85. The number of nitrogens with zero attached hydrogens (tertiary/aromatic N) is 3. The van der Waals surface area contributed by atoms with Crippen molar-refractivity contribution >= 4 is 11.9 Å². The maximum absolute atomic E-state index is 12.9. The summed E-state index contributed by atoms with van der Waals surface area (Å²) in [5.41, 5.74) is 0.404. The van der Waals surface area contributed by atoms with Crippen molar-refractivity contribution < 1.29 is 19.2 Å². The molecule has 7 heteroatoms. The third-order valence-electron chi connectivity index (χ3n) is 8.89. The van der Waals surface area contributed by atoms with E-state index in [0.717, 1.165) is 58.1 Å². The Bertz CT molecular complexity index is 808. The van der Waals surface area contributed by atoms with Crippen molar-refractivity contribution in [3.63, 3.8) is 0 Å². The quantitative estimate of drug-likeness (QED) is 0.581. The number of nitrogens with one attached hydrogen (secondary N) is 1. The molecular formula is C23H33N4O3+. The van der Waals surface area contributed by atoms with E-state index in [-0.39, 0.29) is 29.0 Å². The van der Waals surface area contributed by atoms with Gasteiger partial charge in [0, 0.05) is 18.3 Å². The van der Waals surface area contributed by atoms with E-state index in [4.69, 9.17) is 9.47 Å². The molecule has 6 atom stereocenters. The van der Waals surface area contributed by atoms with Gasteiger partial charge in [0.1, 0.15) is 12.0 Å². The predicted molar refractivity (Wildman–Crippen MR) is 110 cm³/mol. The molecule has 2 aliphatic carbocycles. The molecule has 0 amide bonds. The minimum absolute atomic E-state index is 0.0480. The summed E-state index contributed by atoms with van der Waals surface area (Å²) in [7, 11) is 0. The van der Waals surface area contributed by atoms with E-state index in [9.17, 15) is 4.79 Å². The highest BCUT2D eigenvalue weighted by Crippen LogP contribution is 2.62. The zero-order valence-electron chi connectivity index (χ0n) is 17.9. The summed E-state index contributed by atoms with van der Waals surface area (Å²) in [5, 5.41) is 0. The lowest BCUT2D eigenvalue weighted by atomic mass is 9.53. The van der Waals surface area contributed by atoms with Crippen molar-refractivity contribution in [2.75, 3.05) is 44.2 Å². The van der Waals surface area contributed by atoms with Crippen LogP contribution >= 0.6 is 0 Å². The first-order valence-corrected chi connectivity index (χ1v) is 11.8. The minimum Gasteiger partial charge on any atom is -0.462 e. The Morgan fingerprint density at radius 1 is 1.23 bits per heavy atom. The van der Waals surface area contributed by atoms with E-state index >= 15 is 0 Å². The molecule has 0 aromatic carbocycles. The first-order valence-electron chi connectivity index (χ1n) is 11.8. The van der Waals surface area contributed by atoms with Gasteiger partial charge in [-0.2, -0.15) is 0 Å². The van der Waals surface area contributed by atoms with E-state index in [2.05, 4.69) is 21.8 Å². The van der Waals surface area contributed by atoms with Crippen LogP contribution in [0.3, 0.4) is 0 Å². The monoisotopic (exact) mass is 413 g/mol. The number of carbonyl (C=O) groups excluding carboxylic acids is 1. The van der Waals surface area contributed by atoms with Gasteiger partial charge in [0.05, 0.1) is 44.9 Å². The van der Waals surface area contributed by atoms with Crippen LogP contribution in [0.5, 0.6) is 0 Å². The highest BCUT2D eigenvalue weighted by atomic mass is 16.6. The van der Waals surface area contributed by atoms with E-state index in [1.54, 1.807) is 12.4 Å². The molecule has 0 radical (unpaired) electrons. The van der Waals surface area contributed by atoms with Crippen LogP contribution in [0.2, 0.25) is 0 Å². The fourth-order valence-electron chi connectivity index (χ4n) is 7.18. The third kappa shape index (κ3) is 3.04. The Hall–Kier alpha value is -1.73. The smallest absolute Gasteiger partial charge is 0.315 e. The SMILES string of the molecule is C[C@]12CCC[C@]3(CO3)[C@H]1C[C@H]1[C@@H](C2)OC(=O)[C@@H]1C[NH+]1CCN(c2ncccn2)CC1. The molecular weight excluding hydrogens is 380 g/mol. The molecule has 162 valence electrons. The molecule has 7 nitrogen and oxygen atoms in total. The molecule has 0 bridgehead atoms. The fraction of sp³-hybridized carbons (Fsp3) is 0.783. The van der Waals surface area contributed by atoms with Crippen LogP contribution in [0.15, 0.2) is 18.5 Å². The van der Waals surface area contributed by atoms with Crippen molar-refractivity contribution in [2.45, 2.75) is 50.7 Å². The first-order chi connectivity index (χ1) is 14.6. The summed E-state index contributed by atoms with van der Waals surface area (Å²) in [6.07, 6.45) is 9.57. The van der Waals surface area contributed by atoms with E-state index < -0.39 is 0 Å². The lowest BCUT2D eigenvalue weighted by Crippen LogP contribution is -3.15. The largest absolute Gasteiger partial charge is 0.462 e. The lowest BCUT2D eigenvalue weighted by molar-refractivity contribution is -0.903. The highest BCUT2D eigenvalue weighted by molar-refractivity contribution is 5.75. The van der Waals surface area contributed by atoms with Crippen LogP contribution in [0.4, 0.5) is 5.95 Å². The number of esters is 1. The Morgan fingerprint density at radius 2 is 2.00 bits per heavy atom. The van der Waals surface area contributed by atoms with Gasteiger partial charge in [-0.15, -0.1) is 0 Å². The molecule has 1 N–H and O–H groups in total. The van der Waals surface area contributed by atoms with Gasteiger partial charge in [-0.05, 0) is 49.5 Å². The second-order valence-corrected chi connectivity index (χ2v) is 10.6. The number of epoxide rings is 1.